The molecule has 0 bridgehead atoms. The Kier molecular flexibility index (Phi) is 2.71. The minimum Gasteiger partial charge on any atom is -0.307 e. The van der Waals surface area contributed by atoms with Gasteiger partial charge in [0.05, 0.1) is 11.6 Å². The van der Waals surface area contributed by atoms with Crippen molar-refractivity contribution in [3.05, 3.63) is 17.3 Å². The largest absolute Gasteiger partial charge is 0.392 e. The molecule has 1 heterocycles. The van der Waals surface area contributed by atoms with Gasteiger partial charge in [-0.25, -0.2) is 5.84 Å². The van der Waals surface area contributed by atoms with Gasteiger partial charge in [-0.2, -0.15) is 18.3 Å². The number of nitrogen functional groups attached to an aromatic ring is 1. The topological polar surface area (TPSA) is 63.8 Å². The first-order valence-corrected chi connectivity index (χ1v) is 4.89. The van der Waals surface area contributed by atoms with Gasteiger partial charge in [0.1, 0.15) is 0 Å². The summed E-state index contributed by atoms with van der Waals surface area (Å²) in [5, 5.41) is 7.58. The van der Waals surface area contributed by atoms with Crippen molar-refractivity contribution in [1.82, 2.24) is 10.2 Å². The van der Waals surface area contributed by atoms with E-state index in [1.54, 1.807) is 0 Å². The Bertz CT molecular complexity index is 391. The van der Waals surface area contributed by atoms with Gasteiger partial charge in [-0.05, 0) is 30.9 Å². The van der Waals surface area contributed by atoms with Crippen LogP contribution in [0.25, 0.3) is 0 Å². The van der Waals surface area contributed by atoms with E-state index in [2.05, 4.69) is 15.6 Å². The smallest absolute Gasteiger partial charge is 0.307 e. The molecule has 0 amide bonds. The first-order chi connectivity index (χ1) is 7.50. The van der Waals surface area contributed by atoms with Crippen molar-refractivity contribution in [2.45, 2.75) is 25.4 Å². The van der Waals surface area contributed by atoms with Crippen LogP contribution < -0.4 is 11.3 Å². The third kappa shape index (κ3) is 2.08. The molecule has 7 heteroatoms. The Morgan fingerprint density at radius 2 is 2.12 bits per heavy atom. The highest BCUT2D eigenvalue weighted by atomic mass is 19.4. The summed E-state index contributed by atoms with van der Waals surface area (Å²) < 4.78 is 37.6. The Hall–Kier alpha value is -1.37. The van der Waals surface area contributed by atoms with Crippen molar-refractivity contribution in [2.75, 3.05) is 5.43 Å². The second kappa shape index (κ2) is 3.89. The van der Waals surface area contributed by atoms with Gasteiger partial charge in [0.2, 0.25) is 0 Å². The van der Waals surface area contributed by atoms with E-state index in [0.29, 0.717) is 23.5 Å². The minimum absolute atomic E-state index is 0.0387. The van der Waals surface area contributed by atoms with Crippen LogP contribution in [0, 0.1) is 5.92 Å². The molecule has 0 aromatic carbocycles. The summed E-state index contributed by atoms with van der Waals surface area (Å²) in [6, 6.07) is 1.53. The van der Waals surface area contributed by atoms with Crippen molar-refractivity contribution in [3.63, 3.8) is 0 Å². The molecule has 1 aliphatic rings. The fourth-order valence-electron chi connectivity index (χ4n) is 1.87. The second-order valence-electron chi connectivity index (χ2n) is 3.83. The Morgan fingerprint density at radius 1 is 1.38 bits per heavy atom. The lowest BCUT2D eigenvalue weighted by Gasteiger charge is -2.25. The fourth-order valence-corrected chi connectivity index (χ4v) is 1.87. The molecule has 2 rings (SSSR count). The van der Waals surface area contributed by atoms with E-state index in [4.69, 9.17) is 5.84 Å². The zero-order valence-corrected chi connectivity index (χ0v) is 8.38. The number of aryl methyl sites for hydroxylation is 1. The van der Waals surface area contributed by atoms with Gasteiger partial charge in [0, 0.05) is 0 Å². The van der Waals surface area contributed by atoms with E-state index in [-0.39, 0.29) is 12.8 Å². The lowest BCUT2D eigenvalue weighted by molar-refractivity contribution is -0.177. The second-order valence-corrected chi connectivity index (χ2v) is 3.83. The van der Waals surface area contributed by atoms with Gasteiger partial charge in [-0.1, -0.05) is 0 Å². The number of nitrogens with one attached hydrogen (secondary N) is 1. The predicted molar refractivity (Wildman–Crippen MR) is 51.4 cm³/mol. The first kappa shape index (κ1) is 11.1. The highest BCUT2D eigenvalue weighted by Crippen LogP contribution is 2.36. The summed E-state index contributed by atoms with van der Waals surface area (Å²) in [6.45, 7) is 0. The number of nitrogens with two attached hydrogens (primary N) is 1. The van der Waals surface area contributed by atoms with Gasteiger partial charge in [-0.3, -0.25) is 0 Å². The molecular weight excluding hydrogens is 221 g/mol. The van der Waals surface area contributed by atoms with E-state index in [9.17, 15) is 13.2 Å². The molecule has 1 aromatic heterocycles. The average Bonchev–Trinajstić information content (AvgIpc) is 2.26. The number of anilines is 1. The normalized spacial score (nSPS) is 20.4. The first-order valence-electron chi connectivity index (χ1n) is 4.89. The van der Waals surface area contributed by atoms with Crippen LogP contribution in [0.1, 0.15) is 17.7 Å². The zero-order chi connectivity index (χ0) is 11.8. The van der Waals surface area contributed by atoms with Crippen LogP contribution in [0.15, 0.2) is 6.07 Å². The van der Waals surface area contributed by atoms with Crippen molar-refractivity contribution in [2.24, 2.45) is 11.8 Å². The van der Waals surface area contributed by atoms with Crippen LogP contribution in [-0.2, 0) is 12.8 Å². The maximum Gasteiger partial charge on any atom is 0.392 e. The molecule has 4 nitrogen and oxygen atoms in total. The van der Waals surface area contributed by atoms with E-state index in [1.807, 2.05) is 0 Å². The van der Waals surface area contributed by atoms with Gasteiger partial charge in [0.15, 0.2) is 5.82 Å². The molecular formula is C9H11F3N4. The number of fused-ring (bicyclic) bond motifs is 1. The van der Waals surface area contributed by atoms with Crippen molar-refractivity contribution < 1.29 is 13.2 Å². The lowest BCUT2D eigenvalue weighted by atomic mass is 9.86. The van der Waals surface area contributed by atoms with Crippen LogP contribution in [0.2, 0.25) is 0 Å². The highest BCUT2D eigenvalue weighted by molar-refractivity contribution is 5.38. The molecule has 0 saturated heterocycles. The lowest BCUT2D eigenvalue weighted by Crippen LogP contribution is -2.29. The van der Waals surface area contributed by atoms with Crippen molar-refractivity contribution >= 4 is 5.82 Å². The van der Waals surface area contributed by atoms with Crippen LogP contribution in [-0.4, -0.2) is 16.4 Å². The summed E-state index contributed by atoms with van der Waals surface area (Å²) in [6.07, 6.45) is -3.78. The summed E-state index contributed by atoms with van der Waals surface area (Å²) in [4.78, 5) is 0. The number of hydrazine groups is 1. The van der Waals surface area contributed by atoms with Crippen LogP contribution in [0.4, 0.5) is 19.0 Å². The molecule has 0 radical (unpaired) electrons. The summed E-state index contributed by atoms with van der Waals surface area (Å²) >= 11 is 0. The van der Waals surface area contributed by atoms with E-state index >= 15 is 0 Å². The SMILES string of the molecule is NNc1cc2c(nn1)CCC(C(F)(F)F)C2. The number of aromatic nitrogens is 2. The van der Waals surface area contributed by atoms with Crippen molar-refractivity contribution in [1.29, 1.82) is 0 Å². The van der Waals surface area contributed by atoms with Gasteiger partial charge >= 0.3 is 6.18 Å². The summed E-state index contributed by atoms with van der Waals surface area (Å²) in [7, 11) is 0. The fraction of sp³-hybridized carbons (Fsp3) is 0.556. The summed E-state index contributed by atoms with van der Waals surface area (Å²) in [5.41, 5.74) is 3.49. The Balaban J connectivity index is 2.25. The Labute approximate surface area is 90.0 Å². The number of hydrogen-bond donors (Lipinski definition) is 2. The van der Waals surface area contributed by atoms with Crippen LogP contribution in [0.3, 0.4) is 0 Å². The molecule has 0 spiro atoms. The quantitative estimate of drug-likeness (QED) is 0.568. The molecule has 3 N–H and O–H groups in total. The van der Waals surface area contributed by atoms with Crippen LogP contribution >= 0.6 is 0 Å². The molecule has 88 valence electrons. The summed E-state index contributed by atoms with van der Waals surface area (Å²) in [5.74, 6) is 4.14. The van der Waals surface area contributed by atoms with Gasteiger partial charge in [0.25, 0.3) is 0 Å². The Morgan fingerprint density at radius 3 is 2.75 bits per heavy atom. The number of halogens is 3. The monoisotopic (exact) mass is 232 g/mol. The standard InChI is InChI=1S/C9H11F3N4/c10-9(11,12)6-1-2-7-5(3-6)4-8(14-13)16-15-7/h4,6H,1-3,13H2,(H,14,16). The number of hydrogen-bond acceptors (Lipinski definition) is 4. The molecule has 16 heavy (non-hydrogen) atoms. The number of nitrogens with zero attached hydrogens (tertiary/aromatic N) is 2. The molecule has 0 fully saturated rings. The third-order valence-corrected chi connectivity index (χ3v) is 2.77. The number of alkyl halides is 3. The van der Waals surface area contributed by atoms with E-state index < -0.39 is 12.1 Å². The molecule has 0 saturated carbocycles. The minimum atomic E-state index is -4.14. The predicted octanol–water partition coefficient (Wildman–Crippen LogP) is 1.43. The van der Waals surface area contributed by atoms with Crippen molar-refractivity contribution in [3.8, 4) is 0 Å². The van der Waals surface area contributed by atoms with Crippen LogP contribution in [0.5, 0.6) is 0 Å². The maximum atomic E-state index is 12.5. The maximum absolute atomic E-state index is 12.5. The molecule has 1 unspecified atom stereocenters. The molecule has 1 aliphatic carbocycles. The third-order valence-electron chi connectivity index (χ3n) is 2.77. The zero-order valence-electron chi connectivity index (χ0n) is 8.38. The van der Waals surface area contributed by atoms with E-state index in [1.165, 1.54) is 6.07 Å². The molecule has 1 atom stereocenters. The molecule has 0 aliphatic heterocycles. The van der Waals surface area contributed by atoms with Gasteiger partial charge < -0.3 is 5.43 Å². The van der Waals surface area contributed by atoms with E-state index in [0.717, 1.165) is 0 Å². The van der Waals surface area contributed by atoms with Gasteiger partial charge in [-0.15, -0.1) is 5.10 Å². The number of rotatable bonds is 1. The average molecular weight is 232 g/mol. The molecule has 1 aromatic rings. The highest BCUT2D eigenvalue weighted by Gasteiger charge is 2.41.